The number of benzene rings is 3. The number of nitrogens with zero attached hydrogens (tertiary/aromatic N) is 2. The molecule has 0 N–H and O–H groups in total. The molecular weight excluding hydrogens is 367 g/mol. The summed E-state index contributed by atoms with van der Waals surface area (Å²) in [5, 5.41) is 11.2. The number of ether oxygens (including phenoxy) is 1. The highest BCUT2D eigenvalue weighted by molar-refractivity contribution is 5.85. The fraction of sp³-hybridized carbons (Fsp3) is 0.250. The van der Waals surface area contributed by atoms with Crippen molar-refractivity contribution in [1.29, 1.82) is 0 Å². The second-order valence-corrected chi connectivity index (χ2v) is 7.52. The van der Waals surface area contributed by atoms with Gasteiger partial charge in [-0.2, -0.15) is 0 Å². The van der Waals surface area contributed by atoms with E-state index in [4.69, 9.17) is 9.15 Å². The lowest BCUT2D eigenvalue weighted by Crippen LogP contribution is -2.35. The van der Waals surface area contributed by atoms with Gasteiger partial charge < -0.3 is 9.15 Å². The Hall–Kier alpha value is -3.05. The first kappa shape index (κ1) is 18.0. The van der Waals surface area contributed by atoms with Crippen LogP contribution in [0.2, 0.25) is 0 Å². The summed E-state index contributed by atoms with van der Waals surface area (Å²) in [7, 11) is 0. The predicted octanol–water partition coefficient (Wildman–Crippen LogP) is 5.05. The highest BCUT2D eigenvalue weighted by atomic mass is 19.1. The molecule has 2 heterocycles. The van der Waals surface area contributed by atoms with E-state index in [1.54, 1.807) is 0 Å². The molecule has 3 aromatic carbocycles. The molecule has 146 valence electrons. The Kier molecular flexibility index (Phi) is 4.60. The lowest BCUT2D eigenvalue weighted by Gasteiger charge is -2.34. The van der Waals surface area contributed by atoms with E-state index in [9.17, 15) is 4.39 Å². The highest BCUT2D eigenvalue weighted by Gasteiger charge is 2.41. The van der Waals surface area contributed by atoms with Crippen molar-refractivity contribution < 1.29 is 13.5 Å². The van der Waals surface area contributed by atoms with Crippen LogP contribution < -0.4 is 0 Å². The van der Waals surface area contributed by atoms with Crippen LogP contribution in [-0.2, 0) is 16.6 Å². The van der Waals surface area contributed by atoms with Gasteiger partial charge in [0.15, 0.2) is 0 Å². The molecule has 4 aromatic rings. The minimum absolute atomic E-state index is 0.252. The molecule has 0 atom stereocenters. The second kappa shape index (κ2) is 7.41. The molecule has 0 spiro atoms. The molecule has 1 aliphatic heterocycles. The number of halogens is 1. The summed E-state index contributed by atoms with van der Waals surface area (Å²) in [5.41, 5.74) is 1.71. The average molecular weight is 388 g/mol. The standard InChI is InChI=1S/C24H21FN2O2/c25-20-10-8-19(9-11-20)24(12-14-28-15-13-24)23-27-26-22(29-23)16-18-6-3-5-17-4-1-2-7-21(17)18/h1-11H,12-16H2. The van der Waals surface area contributed by atoms with Crippen LogP contribution in [0.5, 0.6) is 0 Å². The van der Waals surface area contributed by atoms with E-state index in [2.05, 4.69) is 34.5 Å². The Balaban J connectivity index is 1.51. The third-order valence-electron chi connectivity index (χ3n) is 5.84. The van der Waals surface area contributed by atoms with E-state index in [1.165, 1.54) is 22.9 Å². The van der Waals surface area contributed by atoms with Crippen molar-refractivity contribution in [2.75, 3.05) is 13.2 Å². The molecule has 0 bridgehead atoms. The van der Waals surface area contributed by atoms with Crippen molar-refractivity contribution in [2.45, 2.75) is 24.7 Å². The van der Waals surface area contributed by atoms with Gasteiger partial charge in [-0.05, 0) is 46.9 Å². The molecule has 29 heavy (non-hydrogen) atoms. The maximum absolute atomic E-state index is 13.5. The van der Waals surface area contributed by atoms with E-state index in [0.717, 1.165) is 24.0 Å². The summed E-state index contributed by atoms with van der Waals surface area (Å²) in [6.45, 7) is 1.22. The molecule has 0 saturated carbocycles. The second-order valence-electron chi connectivity index (χ2n) is 7.52. The van der Waals surface area contributed by atoms with Crippen LogP contribution in [0, 0.1) is 5.82 Å². The van der Waals surface area contributed by atoms with Crippen molar-refractivity contribution in [3.8, 4) is 0 Å². The zero-order chi connectivity index (χ0) is 19.7. The van der Waals surface area contributed by atoms with E-state index >= 15 is 0 Å². The van der Waals surface area contributed by atoms with Gasteiger partial charge in [0.1, 0.15) is 5.82 Å². The van der Waals surface area contributed by atoms with Crippen LogP contribution in [0.4, 0.5) is 4.39 Å². The zero-order valence-corrected chi connectivity index (χ0v) is 16.0. The summed E-state index contributed by atoms with van der Waals surface area (Å²) in [5.74, 6) is 0.921. The Labute approximate surface area is 168 Å². The van der Waals surface area contributed by atoms with Gasteiger partial charge in [-0.1, -0.05) is 54.6 Å². The SMILES string of the molecule is Fc1ccc(C2(c3nnc(Cc4cccc5ccccc45)o3)CCOCC2)cc1. The molecule has 1 fully saturated rings. The maximum Gasteiger partial charge on any atom is 0.227 e. The van der Waals surface area contributed by atoms with Crippen molar-refractivity contribution >= 4 is 10.8 Å². The largest absolute Gasteiger partial charge is 0.424 e. The first-order valence-corrected chi connectivity index (χ1v) is 9.88. The first-order chi connectivity index (χ1) is 14.2. The molecule has 0 amide bonds. The Morgan fingerprint density at radius 2 is 1.62 bits per heavy atom. The van der Waals surface area contributed by atoms with Crippen LogP contribution in [-0.4, -0.2) is 23.4 Å². The van der Waals surface area contributed by atoms with E-state index in [-0.39, 0.29) is 5.82 Å². The Bertz CT molecular complexity index is 1130. The summed E-state index contributed by atoms with van der Waals surface area (Å²) >= 11 is 0. The van der Waals surface area contributed by atoms with Crippen LogP contribution in [0.1, 0.15) is 35.7 Å². The Morgan fingerprint density at radius 1 is 0.862 bits per heavy atom. The summed E-state index contributed by atoms with van der Waals surface area (Å²) in [6, 6.07) is 21.1. The average Bonchev–Trinajstić information content (AvgIpc) is 3.24. The van der Waals surface area contributed by atoms with Crippen LogP contribution in [0.15, 0.2) is 71.1 Å². The minimum atomic E-state index is -0.435. The van der Waals surface area contributed by atoms with E-state index in [1.807, 2.05) is 30.3 Å². The molecular formula is C24H21FN2O2. The smallest absolute Gasteiger partial charge is 0.227 e. The number of aromatic nitrogens is 2. The summed E-state index contributed by atoms with van der Waals surface area (Å²) in [6.07, 6.45) is 2.04. The lowest BCUT2D eigenvalue weighted by molar-refractivity contribution is 0.0540. The third-order valence-corrected chi connectivity index (χ3v) is 5.84. The van der Waals surface area contributed by atoms with Gasteiger partial charge in [0.05, 0.1) is 11.8 Å². The van der Waals surface area contributed by atoms with Crippen molar-refractivity contribution in [3.05, 3.63) is 95.5 Å². The van der Waals surface area contributed by atoms with Gasteiger partial charge in [-0.3, -0.25) is 0 Å². The molecule has 1 aliphatic rings. The molecule has 5 heteroatoms. The molecule has 0 unspecified atom stereocenters. The van der Waals surface area contributed by atoms with Gasteiger partial charge in [0.25, 0.3) is 0 Å². The van der Waals surface area contributed by atoms with Gasteiger partial charge in [-0.25, -0.2) is 4.39 Å². The first-order valence-electron chi connectivity index (χ1n) is 9.88. The minimum Gasteiger partial charge on any atom is -0.424 e. The molecule has 1 saturated heterocycles. The molecule has 4 nitrogen and oxygen atoms in total. The summed E-state index contributed by atoms with van der Waals surface area (Å²) in [4.78, 5) is 0. The van der Waals surface area contributed by atoms with Gasteiger partial charge in [0.2, 0.25) is 11.8 Å². The third kappa shape index (κ3) is 3.32. The predicted molar refractivity (Wildman–Crippen MR) is 108 cm³/mol. The normalized spacial score (nSPS) is 16.2. The summed E-state index contributed by atoms with van der Waals surface area (Å²) < 4.78 is 25.2. The quantitative estimate of drug-likeness (QED) is 0.491. The van der Waals surface area contributed by atoms with Gasteiger partial charge >= 0.3 is 0 Å². The van der Waals surface area contributed by atoms with Gasteiger partial charge in [-0.15, -0.1) is 10.2 Å². The van der Waals surface area contributed by atoms with E-state index < -0.39 is 5.41 Å². The number of rotatable bonds is 4. The monoisotopic (exact) mass is 388 g/mol. The molecule has 1 aromatic heterocycles. The van der Waals surface area contributed by atoms with Crippen LogP contribution in [0.3, 0.4) is 0 Å². The Morgan fingerprint density at radius 3 is 2.45 bits per heavy atom. The topological polar surface area (TPSA) is 48.2 Å². The fourth-order valence-electron chi connectivity index (χ4n) is 4.24. The number of hydrogen-bond acceptors (Lipinski definition) is 4. The molecule has 0 radical (unpaired) electrons. The highest BCUT2D eigenvalue weighted by Crippen LogP contribution is 2.40. The fourth-order valence-corrected chi connectivity index (χ4v) is 4.24. The van der Waals surface area contributed by atoms with Crippen molar-refractivity contribution in [2.24, 2.45) is 0 Å². The van der Waals surface area contributed by atoms with E-state index in [0.29, 0.717) is 31.4 Å². The van der Waals surface area contributed by atoms with Crippen molar-refractivity contribution in [1.82, 2.24) is 10.2 Å². The number of hydrogen-bond donors (Lipinski definition) is 0. The lowest BCUT2D eigenvalue weighted by atomic mass is 9.74. The number of fused-ring (bicyclic) bond motifs is 1. The van der Waals surface area contributed by atoms with Crippen LogP contribution >= 0.6 is 0 Å². The van der Waals surface area contributed by atoms with Gasteiger partial charge in [0, 0.05) is 13.2 Å². The van der Waals surface area contributed by atoms with Crippen molar-refractivity contribution in [3.63, 3.8) is 0 Å². The molecule has 5 rings (SSSR count). The maximum atomic E-state index is 13.5. The van der Waals surface area contributed by atoms with Crippen LogP contribution in [0.25, 0.3) is 10.8 Å². The molecule has 0 aliphatic carbocycles. The zero-order valence-electron chi connectivity index (χ0n) is 16.0.